The third kappa shape index (κ3) is 2.27. The maximum Gasteiger partial charge on any atom is 0.241 e. The zero-order chi connectivity index (χ0) is 16.8. The zero-order valence-corrected chi connectivity index (χ0v) is 14.1. The van der Waals surface area contributed by atoms with Gasteiger partial charge in [-0.15, -0.1) is 11.3 Å². The first-order valence-electron chi connectivity index (χ1n) is 8.15. The average Bonchev–Trinajstić information content (AvgIpc) is 3.34. The number of fused-ring (bicyclic) bond motifs is 3. The lowest BCUT2D eigenvalue weighted by Crippen LogP contribution is -2.33. The number of hydrogen-bond donors (Lipinski definition) is 2. The molecule has 5 rings (SSSR count). The van der Waals surface area contributed by atoms with E-state index in [1.54, 1.807) is 16.3 Å². The molecule has 1 atom stereocenters. The minimum Gasteiger partial charge on any atom is -0.339 e. The Labute approximate surface area is 147 Å². The molecule has 1 amide bonds. The molecule has 124 valence electrons. The first-order chi connectivity index (χ1) is 12.3. The predicted molar refractivity (Wildman–Crippen MR) is 98.2 cm³/mol. The second-order valence-electron chi connectivity index (χ2n) is 6.06. The first kappa shape index (κ1) is 14.4. The molecular formula is C18H15N5OS. The number of rotatable bonds is 3. The Bertz CT molecular complexity index is 1070. The third-order valence-corrected chi connectivity index (χ3v) is 5.58. The van der Waals surface area contributed by atoms with Gasteiger partial charge in [0, 0.05) is 22.2 Å². The van der Waals surface area contributed by atoms with Crippen molar-refractivity contribution in [3.8, 4) is 0 Å². The molecule has 0 spiro atoms. The maximum absolute atomic E-state index is 12.4. The largest absolute Gasteiger partial charge is 0.339 e. The lowest BCUT2D eigenvalue weighted by Gasteiger charge is -2.25. The molecule has 1 aliphatic heterocycles. The zero-order valence-electron chi connectivity index (χ0n) is 13.3. The molecule has 0 bridgehead atoms. The lowest BCUT2D eigenvalue weighted by molar-refractivity contribution is -0.127. The number of aromatic amines is 1. The number of para-hydroxylation sites is 1. The Kier molecular flexibility index (Phi) is 3.21. The van der Waals surface area contributed by atoms with Gasteiger partial charge in [0.2, 0.25) is 5.91 Å². The summed E-state index contributed by atoms with van der Waals surface area (Å²) < 4.78 is 0. The van der Waals surface area contributed by atoms with Crippen LogP contribution in [0, 0.1) is 0 Å². The summed E-state index contributed by atoms with van der Waals surface area (Å²) in [5.74, 6) is 0.740. The summed E-state index contributed by atoms with van der Waals surface area (Å²) in [4.78, 5) is 25.7. The number of anilines is 1. The van der Waals surface area contributed by atoms with Gasteiger partial charge in [0.05, 0.1) is 11.4 Å². The standard InChI is InChI=1S/C18H15N5OS/c24-15-8-7-13(14-6-3-9-25-14)23(15)22-18-16-11-4-1-2-5-12(11)21-17(16)19-10-20-18/h1-6,9-10,13H,7-8H2,(H2,19,20,21,22)/t13-/m0/s1. The first-order valence-corrected chi connectivity index (χ1v) is 9.03. The molecule has 6 nitrogen and oxygen atoms in total. The van der Waals surface area contributed by atoms with Crippen LogP contribution in [-0.4, -0.2) is 25.9 Å². The fraction of sp³-hybridized carbons (Fsp3) is 0.167. The topological polar surface area (TPSA) is 73.9 Å². The van der Waals surface area contributed by atoms with Gasteiger partial charge in [0.1, 0.15) is 12.0 Å². The predicted octanol–water partition coefficient (Wildman–Crippen LogP) is 3.86. The molecule has 1 aromatic carbocycles. The van der Waals surface area contributed by atoms with E-state index in [4.69, 9.17) is 0 Å². The van der Waals surface area contributed by atoms with Gasteiger partial charge in [0.15, 0.2) is 5.82 Å². The van der Waals surface area contributed by atoms with Gasteiger partial charge in [-0.1, -0.05) is 24.3 Å². The number of nitrogens with one attached hydrogen (secondary N) is 2. The van der Waals surface area contributed by atoms with Crippen molar-refractivity contribution >= 4 is 45.0 Å². The number of thiophene rings is 1. The van der Waals surface area contributed by atoms with Crippen molar-refractivity contribution in [2.75, 3.05) is 5.43 Å². The second kappa shape index (κ2) is 5.56. The molecule has 1 fully saturated rings. The van der Waals surface area contributed by atoms with E-state index in [1.165, 1.54) is 11.2 Å². The van der Waals surface area contributed by atoms with E-state index in [0.717, 1.165) is 28.4 Å². The molecule has 25 heavy (non-hydrogen) atoms. The Hall–Kier alpha value is -2.93. The van der Waals surface area contributed by atoms with E-state index in [0.29, 0.717) is 12.2 Å². The number of H-pyrrole nitrogens is 1. The molecule has 4 aromatic rings. The van der Waals surface area contributed by atoms with Gasteiger partial charge >= 0.3 is 0 Å². The second-order valence-corrected chi connectivity index (χ2v) is 7.04. The van der Waals surface area contributed by atoms with Gasteiger partial charge in [-0.2, -0.15) is 0 Å². The molecule has 0 radical (unpaired) electrons. The molecule has 0 saturated carbocycles. The number of hydrazine groups is 1. The van der Waals surface area contributed by atoms with Gasteiger partial charge in [-0.05, 0) is 23.9 Å². The van der Waals surface area contributed by atoms with Crippen molar-refractivity contribution in [2.24, 2.45) is 0 Å². The molecule has 7 heteroatoms. The minimum absolute atomic E-state index is 0.0442. The minimum atomic E-state index is 0.0442. The Morgan fingerprint density at radius 2 is 2.12 bits per heavy atom. The van der Waals surface area contributed by atoms with Crippen molar-refractivity contribution in [1.29, 1.82) is 0 Å². The van der Waals surface area contributed by atoms with E-state index in [2.05, 4.69) is 26.4 Å². The Morgan fingerprint density at radius 3 is 3.00 bits per heavy atom. The SMILES string of the molecule is O=C1CC[C@@H](c2cccs2)N1Nc1ncnc2[nH]c3ccccc3c12. The van der Waals surface area contributed by atoms with Crippen LogP contribution < -0.4 is 5.43 Å². The molecule has 1 saturated heterocycles. The van der Waals surface area contributed by atoms with Gasteiger partial charge in [0.25, 0.3) is 0 Å². The third-order valence-electron chi connectivity index (χ3n) is 4.61. The molecular weight excluding hydrogens is 334 g/mol. The summed E-state index contributed by atoms with van der Waals surface area (Å²) in [6.07, 6.45) is 2.87. The number of aromatic nitrogens is 3. The number of carbonyl (C=O) groups is 1. The number of amides is 1. The summed E-state index contributed by atoms with van der Waals surface area (Å²) >= 11 is 1.67. The molecule has 2 N–H and O–H groups in total. The number of benzene rings is 1. The quantitative estimate of drug-likeness (QED) is 0.589. The Morgan fingerprint density at radius 1 is 1.20 bits per heavy atom. The summed E-state index contributed by atoms with van der Waals surface area (Å²) in [5.41, 5.74) is 5.03. The average molecular weight is 349 g/mol. The highest BCUT2D eigenvalue weighted by Crippen LogP contribution is 2.36. The summed E-state index contributed by atoms with van der Waals surface area (Å²) in [7, 11) is 0. The monoisotopic (exact) mass is 349 g/mol. The molecule has 0 unspecified atom stereocenters. The van der Waals surface area contributed by atoms with E-state index in [9.17, 15) is 4.79 Å². The summed E-state index contributed by atoms with van der Waals surface area (Å²) in [6, 6.07) is 12.1. The van der Waals surface area contributed by atoms with E-state index < -0.39 is 0 Å². The summed E-state index contributed by atoms with van der Waals surface area (Å²) in [6.45, 7) is 0. The highest BCUT2D eigenvalue weighted by Gasteiger charge is 2.33. The van der Waals surface area contributed by atoms with Crippen molar-refractivity contribution in [3.05, 3.63) is 53.0 Å². The maximum atomic E-state index is 12.4. The fourth-order valence-electron chi connectivity index (χ4n) is 3.45. The van der Waals surface area contributed by atoms with Crippen LogP contribution in [0.3, 0.4) is 0 Å². The molecule has 3 aromatic heterocycles. The van der Waals surface area contributed by atoms with Crippen LogP contribution >= 0.6 is 11.3 Å². The van der Waals surface area contributed by atoms with Crippen LogP contribution in [0.2, 0.25) is 0 Å². The van der Waals surface area contributed by atoms with Crippen LogP contribution in [0.5, 0.6) is 0 Å². The highest BCUT2D eigenvalue weighted by atomic mass is 32.1. The lowest BCUT2D eigenvalue weighted by atomic mass is 10.2. The van der Waals surface area contributed by atoms with E-state index >= 15 is 0 Å². The van der Waals surface area contributed by atoms with Crippen LogP contribution in [0.15, 0.2) is 48.1 Å². The number of hydrogen-bond acceptors (Lipinski definition) is 5. The van der Waals surface area contributed by atoms with E-state index in [-0.39, 0.29) is 11.9 Å². The van der Waals surface area contributed by atoms with Gasteiger partial charge in [-0.25, -0.2) is 15.0 Å². The van der Waals surface area contributed by atoms with Crippen LogP contribution in [0.1, 0.15) is 23.8 Å². The molecule has 1 aliphatic rings. The van der Waals surface area contributed by atoms with Crippen molar-refractivity contribution < 1.29 is 4.79 Å². The summed E-state index contributed by atoms with van der Waals surface area (Å²) in [5, 5.41) is 5.71. The number of carbonyl (C=O) groups excluding carboxylic acids is 1. The van der Waals surface area contributed by atoms with Gasteiger partial charge < -0.3 is 4.98 Å². The van der Waals surface area contributed by atoms with Crippen molar-refractivity contribution in [1.82, 2.24) is 20.0 Å². The van der Waals surface area contributed by atoms with Crippen molar-refractivity contribution in [3.63, 3.8) is 0 Å². The van der Waals surface area contributed by atoms with Crippen LogP contribution in [-0.2, 0) is 4.79 Å². The van der Waals surface area contributed by atoms with Crippen LogP contribution in [0.25, 0.3) is 21.9 Å². The molecule has 0 aliphatic carbocycles. The Balaban J connectivity index is 1.60. The number of nitrogens with zero attached hydrogens (tertiary/aromatic N) is 3. The fourth-order valence-corrected chi connectivity index (χ4v) is 4.30. The van der Waals surface area contributed by atoms with Crippen molar-refractivity contribution in [2.45, 2.75) is 18.9 Å². The van der Waals surface area contributed by atoms with E-state index in [1.807, 2.05) is 35.7 Å². The normalized spacial score (nSPS) is 17.7. The van der Waals surface area contributed by atoms with Crippen LogP contribution in [0.4, 0.5) is 5.82 Å². The van der Waals surface area contributed by atoms with Gasteiger partial charge in [-0.3, -0.25) is 10.2 Å². The molecule has 4 heterocycles. The smallest absolute Gasteiger partial charge is 0.241 e. The highest BCUT2D eigenvalue weighted by molar-refractivity contribution is 7.10.